The largest absolute Gasteiger partial charge is 0.448 e. The van der Waals surface area contributed by atoms with E-state index in [2.05, 4.69) is 5.10 Å². The van der Waals surface area contributed by atoms with Gasteiger partial charge in [-0.15, -0.1) is 0 Å². The van der Waals surface area contributed by atoms with E-state index in [-0.39, 0.29) is 19.0 Å². The van der Waals surface area contributed by atoms with Crippen LogP contribution in [0, 0.1) is 6.92 Å². The third-order valence-electron chi connectivity index (χ3n) is 3.32. The highest BCUT2D eigenvalue weighted by Gasteiger charge is 2.27. The SMILES string of the molecule is Cc1cc(OC2CC[C@@H](CO)O2)n(-c2ccccc2)n1. The molecule has 0 aliphatic carbocycles. The molecule has 1 fully saturated rings. The van der Waals surface area contributed by atoms with Gasteiger partial charge in [-0.2, -0.15) is 5.10 Å². The van der Waals surface area contributed by atoms with Crippen LogP contribution < -0.4 is 4.74 Å². The van der Waals surface area contributed by atoms with E-state index >= 15 is 0 Å². The van der Waals surface area contributed by atoms with Gasteiger partial charge in [-0.3, -0.25) is 0 Å². The van der Waals surface area contributed by atoms with E-state index in [1.54, 1.807) is 4.68 Å². The average Bonchev–Trinajstić information content (AvgIpc) is 3.07. The Kier molecular flexibility index (Phi) is 3.71. The molecule has 1 aliphatic heterocycles. The van der Waals surface area contributed by atoms with Crippen molar-refractivity contribution >= 4 is 0 Å². The van der Waals surface area contributed by atoms with Crippen molar-refractivity contribution in [1.29, 1.82) is 0 Å². The van der Waals surface area contributed by atoms with Crippen molar-refractivity contribution in [3.8, 4) is 11.6 Å². The van der Waals surface area contributed by atoms with Crippen LogP contribution in [0.25, 0.3) is 5.69 Å². The molecular weight excluding hydrogens is 256 g/mol. The van der Waals surface area contributed by atoms with Crippen LogP contribution in [0.3, 0.4) is 0 Å². The Morgan fingerprint density at radius 3 is 2.85 bits per heavy atom. The first-order chi connectivity index (χ1) is 9.76. The smallest absolute Gasteiger partial charge is 0.219 e. The van der Waals surface area contributed by atoms with Crippen LogP contribution in [-0.4, -0.2) is 33.9 Å². The lowest BCUT2D eigenvalue weighted by atomic mass is 10.2. The summed E-state index contributed by atoms with van der Waals surface area (Å²) < 4.78 is 13.3. The van der Waals surface area contributed by atoms with E-state index in [9.17, 15) is 0 Å². The van der Waals surface area contributed by atoms with Gasteiger partial charge in [-0.1, -0.05) is 18.2 Å². The van der Waals surface area contributed by atoms with E-state index in [0.29, 0.717) is 5.88 Å². The Hall–Kier alpha value is -1.85. The molecule has 0 bridgehead atoms. The number of benzene rings is 1. The number of aliphatic hydroxyl groups is 1. The van der Waals surface area contributed by atoms with E-state index in [4.69, 9.17) is 14.6 Å². The molecule has 0 amide bonds. The van der Waals surface area contributed by atoms with Crippen LogP contribution in [0.1, 0.15) is 18.5 Å². The second-order valence-corrected chi connectivity index (χ2v) is 4.94. The maximum absolute atomic E-state index is 9.09. The molecule has 106 valence electrons. The molecule has 2 aromatic rings. The zero-order valence-corrected chi connectivity index (χ0v) is 11.4. The summed E-state index contributed by atoms with van der Waals surface area (Å²) in [6, 6.07) is 11.7. The van der Waals surface area contributed by atoms with Crippen LogP contribution >= 0.6 is 0 Å². The predicted octanol–water partition coefficient (Wildman–Crippen LogP) is 2.06. The minimum atomic E-state index is -0.314. The number of hydrogen-bond donors (Lipinski definition) is 1. The number of rotatable bonds is 4. The molecule has 1 unspecified atom stereocenters. The van der Waals surface area contributed by atoms with Crippen LogP contribution in [-0.2, 0) is 4.74 Å². The fourth-order valence-electron chi connectivity index (χ4n) is 2.34. The Bertz CT molecular complexity index is 568. The van der Waals surface area contributed by atoms with E-state index < -0.39 is 0 Å². The Labute approximate surface area is 117 Å². The van der Waals surface area contributed by atoms with Gasteiger partial charge in [0.2, 0.25) is 12.2 Å². The van der Waals surface area contributed by atoms with Gasteiger partial charge in [0.25, 0.3) is 0 Å². The summed E-state index contributed by atoms with van der Waals surface area (Å²) in [6.07, 6.45) is 1.17. The fourth-order valence-corrected chi connectivity index (χ4v) is 2.34. The number of hydrogen-bond acceptors (Lipinski definition) is 4. The molecule has 0 saturated carbocycles. The molecule has 1 aromatic heterocycles. The van der Waals surface area contributed by atoms with Crippen molar-refractivity contribution in [1.82, 2.24) is 9.78 Å². The first kappa shape index (κ1) is 13.1. The molecule has 2 atom stereocenters. The van der Waals surface area contributed by atoms with Crippen LogP contribution in [0.4, 0.5) is 0 Å². The zero-order valence-electron chi connectivity index (χ0n) is 11.4. The third kappa shape index (κ3) is 2.69. The van der Waals surface area contributed by atoms with Crippen LogP contribution in [0.2, 0.25) is 0 Å². The molecule has 1 aliphatic rings. The average molecular weight is 274 g/mol. The van der Waals surface area contributed by atoms with Crippen molar-refractivity contribution in [2.45, 2.75) is 32.2 Å². The molecule has 20 heavy (non-hydrogen) atoms. The number of aliphatic hydroxyl groups excluding tert-OH is 1. The summed E-state index contributed by atoms with van der Waals surface area (Å²) in [5, 5.41) is 13.5. The minimum absolute atomic E-state index is 0.0385. The van der Waals surface area contributed by atoms with Crippen LogP contribution in [0.15, 0.2) is 36.4 Å². The monoisotopic (exact) mass is 274 g/mol. The van der Waals surface area contributed by atoms with Gasteiger partial charge < -0.3 is 14.6 Å². The lowest BCUT2D eigenvalue weighted by Gasteiger charge is -2.15. The molecule has 3 rings (SSSR count). The summed E-state index contributed by atoms with van der Waals surface area (Å²) in [5.41, 5.74) is 1.84. The van der Waals surface area contributed by atoms with Crippen molar-refractivity contribution in [3.63, 3.8) is 0 Å². The van der Waals surface area contributed by atoms with Crippen molar-refractivity contribution in [3.05, 3.63) is 42.1 Å². The Balaban J connectivity index is 1.80. The maximum Gasteiger partial charge on any atom is 0.219 e. The van der Waals surface area contributed by atoms with Gasteiger partial charge in [0.05, 0.1) is 24.1 Å². The number of ether oxygens (including phenoxy) is 2. The first-order valence-corrected chi connectivity index (χ1v) is 6.81. The topological polar surface area (TPSA) is 56.5 Å². The minimum Gasteiger partial charge on any atom is -0.448 e. The maximum atomic E-state index is 9.09. The Morgan fingerprint density at radius 2 is 2.15 bits per heavy atom. The second kappa shape index (κ2) is 5.64. The standard InChI is InChI=1S/C15H18N2O3/c1-11-9-14(20-15-8-7-13(10-18)19-15)17(16-11)12-5-3-2-4-6-12/h2-6,9,13,15,18H,7-8,10H2,1H3/t13-,15?/m0/s1. The number of aromatic nitrogens is 2. The molecule has 1 N–H and O–H groups in total. The van der Waals surface area contributed by atoms with E-state index in [1.165, 1.54) is 0 Å². The summed E-state index contributed by atoms with van der Waals surface area (Å²) in [6.45, 7) is 1.97. The van der Waals surface area contributed by atoms with Gasteiger partial charge in [-0.25, -0.2) is 4.68 Å². The van der Waals surface area contributed by atoms with Crippen molar-refractivity contribution in [2.75, 3.05) is 6.61 Å². The van der Waals surface area contributed by atoms with E-state index in [1.807, 2.05) is 43.3 Å². The molecule has 0 spiro atoms. The fraction of sp³-hybridized carbons (Fsp3) is 0.400. The van der Waals surface area contributed by atoms with Crippen molar-refractivity contribution in [2.24, 2.45) is 0 Å². The number of aryl methyl sites for hydroxylation is 1. The normalized spacial score (nSPS) is 22.1. The second-order valence-electron chi connectivity index (χ2n) is 4.94. The number of nitrogens with zero attached hydrogens (tertiary/aromatic N) is 2. The summed E-state index contributed by atoms with van der Waals surface area (Å²) in [4.78, 5) is 0. The number of para-hydroxylation sites is 1. The molecule has 1 aromatic carbocycles. The van der Waals surface area contributed by atoms with E-state index in [0.717, 1.165) is 24.2 Å². The van der Waals surface area contributed by atoms with Gasteiger partial charge in [0, 0.05) is 12.5 Å². The molecule has 0 radical (unpaired) electrons. The van der Waals surface area contributed by atoms with Crippen molar-refractivity contribution < 1.29 is 14.6 Å². The lowest BCUT2D eigenvalue weighted by Crippen LogP contribution is -2.20. The van der Waals surface area contributed by atoms with Gasteiger partial charge in [-0.05, 0) is 25.5 Å². The lowest BCUT2D eigenvalue weighted by molar-refractivity contribution is -0.0878. The van der Waals surface area contributed by atoms with Gasteiger partial charge in [0.15, 0.2) is 0 Å². The first-order valence-electron chi connectivity index (χ1n) is 6.81. The molecule has 2 heterocycles. The molecule has 5 nitrogen and oxygen atoms in total. The van der Waals surface area contributed by atoms with Gasteiger partial charge >= 0.3 is 0 Å². The quantitative estimate of drug-likeness (QED) is 0.927. The highest BCUT2D eigenvalue weighted by atomic mass is 16.7. The highest BCUT2D eigenvalue weighted by Crippen LogP contribution is 2.25. The predicted molar refractivity (Wildman–Crippen MR) is 73.9 cm³/mol. The summed E-state index contributed by atoms with van der Waals surface area (Å²) in [7, 11) is 0. The Morgan fingerprint density at radius 1 is 1.35 bits per heavy atom. The summed E-state index contributed by atoms with van der Waals surface area (Å²) in [5.74, 6) is 0.664. The third-order valence-corrected chi connectivity index (χ3v) is 3.32. The molecule has 5 heteroatoms. The highest BCUT2D eigenvalue weighted by molar-refractivity contribution is 5.35. The van der Waals surface area contributed by atoms with Gasteiger partial charge in [0.1, 0.15) is 0 Å². The zero-order chi connectivity index (χ0) is 13.9. The molecular formula is C15H18N2O3. The molecule has 1 saturated heterocycles. The summed E-state index contributed by atoms with van der Waals surface area (Å²) >= 11 is 0. The van der Waals surface area contributed by atoms with Crippen LogP contribution in [0.5, 0.6) is 5.88 Å².